The number of nitrogens with zero attached hydrogens (tertiary/aromatic N) is 2. The molecule has 1 aromatic heterocycles. The van der Waals surface area contributed by atoms with Crippen molar-refractivity contribution < 1.29 is 4.74 Å². The summed E-state index contributed by atoms with van der Waals surface area (Å²) in [6.07, 6.45) is 5.82. The van der Waals surface area contributed by atoms with E-state index in [4.69, 9.17) is 10.5 Å². The Morgan fingerprint density at radius 1 is 1.47 bits per heavy atom. The number of rotatable bonds is 3. The van der Waals surface area contributed by atoms with Gasteiger partial charge in [-0.15, -0.1) is 0 Å². The number of anilines is 2. The standard InChI is InChI=1S/C12H18BrN3O/c1-17-8-9-2-4-16(5-3-9)12-10(13)6-15-7-11(12)14/h6-7,9H,2-5,8,14H2,1H3. The van der Waals surface area contributed by atoms with Gasteiger partial charge in [-0.25, -0.2) is 0 Å². The van der Waals surface area contributed by atoms with E-state index < -0.39 is 0 Å². The second-order valence-electron chi connectivity index (χ2n) is 4.44. The van der Waals surface area contributed by atoms with Crippen molar-refractivity contribution in [3.05, 3.63) is 16.9 Å². The van der Waals surface area contributed by atoms with E-state index in [1.54, 1.807) is 19.5 Å². The molecule has 0 atom stereocenters. The first-order valence-corrected chi connectivity index (χ1v) is 6.64. The molecule has 4 nitrogen and oxygen atoms in total. The van der Waals surface area contributed by atoms with E-state index in [1.165, 1.54) is 0 Å². The number of aromatic nitrogens is 1. The lowest BCUT2D eigenvalue weighted by atomic mass is 9.97. The molecule has 0 radical (unpaired) electrons. The van der Waals surface area contributed by atoms with Crippen LogP contribution in [0.1, 0.15) is 12.8 Å². The molecular formula is C12H18BrN3O. The van der Waals surface area contributed by atoms with Crippen molar-refractivity contribution in [2.75, 3.05) is 37.4 Å². The second-order valence-corrected chi connectivity index (χ2v) is 5.30. The Bertz CT molecular complexity index is 358. The lowest BCUT2D eigenvalue weighted by molar-refractivity contribution is 0.139. The van der Waals surface area contributed by atoms with Crippen LogP contribution in [-0.2, 0) is 4.74 Å². The molecule has 2 rings (SSSR count). The molecule has 1 fully saturated rings. The Hall–Kier alpha value is -0.810. The normalized spacial score (nSPS) is 17.4. The molecule has 1 saturated heterocycles. The Morgan fingerprint density at radius 3 is 2.76 bits per heavy atom. The van der Waals surface area contributed by atoms with Crippen molar-refractivity contribution in [3.8, 4) is 0 Å². The number of nitrogen functional groups attached to an aromatic ring is 1. The molecule has 0 bridgehead atoms. The number of nitrogens with two attached hydrogens (primary N) is 1. The summed E-state index contributed by atoms with van der Waals surface area (Å²) >= 11 is 3.52. The summed E-state index contributed by atoms with van der Waals surface area (Å²) in [6, 6.07) is 0. The van der Waals surface area contributed by atoms with Crippen molar-refractivity contribution in [2.24, 2.45) is 5.92 Å². The first-order chi connectivity index (χ1) is 8.22. The van der Waals surface area contributed by atoms with E-state index in [1.807, 2.05) is 0 Å². The van der Waals surface area contributed by atoms with Crippen molar-refractivity contribution in [1.29, 1.82) is 0 Å². The maximum atomic E-state index is 5.99. The number of hydrogen-bond acceptors (Lipinski definition) is 4. The largest absolute Gasteiger partial charge is 0.396 e. The summed E-state index contributed by atoms with van der Waals surface area (Å²) in [6.45, 7) is 2.92. The maximum Gasteiger partial charge on any atom is 0.0776 e. The molecule has 2 N–H and O–H groups in total. The van der Waals surface area contributed by atoms with Crippen LogP contribution < -0.4 is 10.6 Å². The number of methoxy groups -OCH3 is 1. The number of halogens is 1. The van der Waals surface area contributed by atoms with Gasteiger partial charge in [-0.2, -0.15) is 0 Å². The maximum absolute atomic E-state index is 5.99. The van der Waals surface area contributed by atoms with Crippen molar-refractivity contribution in [1.82, 2.24) is 4.98 Å². The van der Waals surface area contributed by atoms with Gasteiger partial charge < -0.3 is 15.4 Å². The molecule has 0 spiro atoms. The Morgan fingerprint density at radius 2 is 2.18 bits per heavy atom. The summed E-state index contributed by atoms with van der Waals surface area (Å²) in [5.74, 6) is 0.679. The highest BCUT2D eigenvalue weighted by atomic mass is 79.9. The minimum Gasteiger partial charge on any atom is -0.396 e. The van der Waals surface area contributed by atoms with E-state index >= 15 is 0 Å². The van der Waals surface area contributed by atoms with Gasteiger partial charge in [0.25, 0.3) is 0 Å². The minimum absolute atomic E-state index is 0.679. The van der Waals surface area contributed by atoms with Gasteiger partial charge in [0, 0.05) is 33.0 Å². The molecule has 1 aliphatic heterocycles. The smallest absolute Gasteiger partial charge is 0.0776 e. The molecule has 0 unspecified atom stereocenters. The Labute approximate surface area is 110 Å². The fourth-order valence-corrected chi connectivity index (χ4v) is 2.93. The molecular weight excluding hydrogens is 282 g/mol. The number of pyridine rings is 1. The first-order valence-electron chi connectivity index (χ1n) is 5.85. The summed E-state index contributed by atoms with van der Waals surface area (Å²) in [5.41, 5.74) is 7.81. The van der Waals surface area contributed by atoms with Crippen LogP contribution in [0.25, 0.3) is 0 Å². The van der Waals surface area contributed by atoms with E-state index in [9.17, 15) is 0 Å². The van der Waals surface area contributed by atoms with Gasteiger partial charge in [-0.05, 0) is 34.7 Å². The van der Waals surface area contributed by atoms with Crippen LogP contribution in [0, 0.1) is 5.92 Å². The average molecular weight is 300 g/mol. The molecule has 5 heteroatoms. The van der Waals surface area contributed by atoms with Crippen LogP contribution in [0.4, 0.5) is 11.4 Å². The number of ether oxygens (including phenoxy) is 1. The third-order valence-corrected chi connectivity index (χ3v) is 3.81. The van der Waals surface area contributed by atoms with Crippen LogP contribution in [-0.4, -0.2) is 31.8 Å². The van der Waals surface area contributed by atoms with E-state index in [2.05, 4.69) is 25.8 Å². The number of piperidine rings is 1. The summed E-state index contributed by atoms with van der Waals surface area (Å²) in [5, 5.41) is 0. The molecule has 0 aromatic carbocycles. The number of hydrogen-bond donors (Lipinski definition) is 1. The fourth-order valence-electron chi connectivity index (χ4n) is 2.34. The van der Waals surface area contributed by atoms with Crippen molar-refractivity contribution in [2.45, 2.75) is 12.8 Å². The third-order valence-electron chi connectivity index (χ3n) is 3.23. The van der Waals surface area contributed by atoms with Crippen LogP contribution >= 0.6 is 15.9 Å². The molecule has 17 heavy (non-hydrogen) atoms. The van der Waals surface area contributed by atoms with Gasteiger partial charge >= 0.3 is 0 Å². The molecule has 1 aliphatic rings. The summed E-state index contributed by atoms with van der Waals surface area (Å²) in [7, 11) is 1.77. The zero-order valence-corrected chi connectivity index (χ0v) is 11.6. The monoisotopic (exact) mass is 299 g/mol. The first kappa shape index (κ1) is 12.6. The van der Waals surface area contributed by atoms with E-state index in [0.717, 1.165) is 48.4 Å². The Kier molecular flexibility index (Phi) is 4.23. The predicted molar refractivity (Wildman–Crippen MR) is 73.2 cm³/mol. The lowest BCUT2D eigenvalue weighted by Crippen LogP contribution is -2.35. The van der Waals surface area contributed by atoms with Gasteiger partial charge in [-0.3, -0.25) is 4.98 Å². The quantitative estimate of drug-likeness (QED) is 0.930. The lowest BCUT2D eigenvalue weighted by Gasteiger charge is -2.34. The highest BCUT2D eigenvalue weighted by Crippen LogP contribution is 2.33. The van der Waals surface area contributed by atoms with Crippen molar-refractivity contribution >= 4 is 27.3 Å². The highest BCUT2D eigenvalue weighted by Gasteiger charge is 2.22. The van der Waals surface area contributed by atoms with Gasteiger partial charge in [0.1, 0.15) is 0 Å². The zero-order chi connectivity index (χ0) is 12.3. The highest BCUT2D eigenvalue weighted by molar-refractivity contribution is 9.10. The van der Waals surface area contributed by atoms with Crippen LogP contribution in [0.15, 0.2) is 16.9 Å². The summed E-state index contributed by atoms with van der Waals surface area (Å²) < 4.78 is 6.18. The van der Waals surface area contributed by atoms with Gasteiger partial charge in [0.15, 0.2) is 0 Å². The minimum atomic E-state index is 0.679. The average Bonchev–Trinajstić information content (AvgIpc) is 2.31. The van der Waals surface area contributed by atoms with E-state index in [0.29, 0.717) is 5.92 Å². The molecule has 1 aromatic rings. The van der Waals surface area contributed by atoms with Crippen LogP contribution in [0.2, 0.25) is 0 Å². The molecule has 0 aliphatic carbocycles. The molecule has 0 amide bonds. The Balaban J connectivity index is 2.05. The second kappa shape index (κ2) is 5.69. The van der Waals surface area contributed by atoms with Crippen molar-refractivity contribution in [3.63, 3.8) is 0 Å². The van der Waals surface area contributed by atoms with Crippen LogP contribution in [0.3, 0.4) is 0 Å². The molecule has 2 heterocycles. The molecule has 94 valence electrons. The molecule has 0 saturated carbocycles. The topological polar surface area (TPSA) is 51.4 Å². The van der Waals surface area contributed by atoms with E-state index in [-0.39, 0.29) is 0 Å². The SMILES string of the molecule is COCC1CCN(c2c(N)cncc2Br)CC1. The fraction of sp³-hybridized carbons (Fsp3) is 0.583. The zero-order valence-electron chi connectivity index (χ0n) is 10.0. The van der Waals surface area contributed by atoms with Crippen LogP contribution in [0.5, 0.6) is 0 Å². The van der Waals surface area contributed by atoms with Gasteiger partial charge in [0.05, 0.1) is 22.0 Å². The van der Waals surface area contributed by atoms with Gasteiger partial charge in [0.2, 0.25) is 0 Å². The van der Waals surface area contributed by atoms with Gasteiger partial charge in [-0.1, -0.05) is 0 Å². The predicted octanol–water partition coefficient (Wildman–Crippen LogP) is 2.29. The summed E-state index contributed by atoms with van der Waals surface area (Å²) in [4.78, 5) is 6.39. The third kappa shape index (κ3) is 2.90.